The zero-order valence-corrected chi connectivity index (χ0v) is 13.3. The van der Waals surface area contributed by atoms with E-state index in [1.165, 1.54) is 17.0 Å². The molecule has 0 saturated carbocycles. The van der Waals surface area contributed by atoms with Crippen molar-refractivity contribution in [2.45, 2.75) is 19.0 Å². The third kappa shape index (κ3) is 2.87. The minimum atomic E-state index is -0.591. The third-order valence-corrected chi connectivity index (χ3v) is 4.46. The molecule has 1 atom stereocenters. The maximum absolute atomic E-state index is 13.0. The lowest BCUT2D eigenvalue weighted by atomic mass is 10.0. The summed E-state index contributed by atoms with van der Waals surface area (Å²) in [5, 5.41) is 3.78. The second-order valence-corrected chi connectivity index (χ2v) is 6.12. The van der Waals surface area contributed by atoms with Gasteiger partial charge in [0.05, 0.1) is 6.54 Å². The molecule has 0 bridgehead atoms. The predicted molar refractivity (Wildman–Crippen MR) is 91.3 cm³/mol. The molecule has 0 radical (unpaired) electrons. The van der Waals surface area contributed by atoms with E-state index >= 15 is 0 Å². The molecule has 4 rings (SSSR count). The fourth-order valence-corrected chi connectivity index (χ4v) is 3.16. The molecule has 2 aromatic carbocycles. The number of aromatic nitrogens is 1. The first-order valence-electron chi connectivity index (χ1n) is 8.03. The lowest BCUT2D eigenvalue weighted by Crippen LogP contribution is -2.32. The number of carbonyl (C=O) groups is 2. The number of urea groups is 1. The normalized spacial score (nSPS) is 17.3. The van der Waals surface area contributed by atoms with Gasteiger partial charge in [-0.2, -0.15) is 0 Å². The molecule has 2 heterocycles. The van der Waals surface area contributed by atoms with Crippen molar-refractivity contribution in [2.75, 3.05) is 0 Å². The summed E-state index contributed by atoms with van der Waals surface area (Å²) in [6.45, 7) is 0.134. The highest BCUT2D eigenvalue weighted by Crippen LogP contribution is 2.22. The van der Waals surface area contributed by atoms with Crippen LogP contribution in [0.5, 0.6) is 0 Å². The van der Waals surface area contributed by atoms with Gasteiger partial charge < -0.3 is 10.3 Å². The summed E-state index contributed by atoms with van der Waals surface area (Å²) in [5.41, 5.74) is 2.69. The van der Waals surface area contributed by atoms with Crippen molar-refractivity contribution in [1.29, 1.82) is 0 Å². The average molecular weight is 337 g/mol. The monoisotopic (exact) mass is 337 g/mol. The van der Waals surface area contributed by atoms with Crippen LogP contribution in [0, 0.1) is 5.82 Å². The third-order valence-electron chi connectivity index (χ3n) is 4.46. The smallest absolute Gasteiger partial charge is 0.325 e. The maximum Gasteiger partial charge on any atom is 0.325 e. The highest BCUT2D eigenvalue weighted by Gasteiger charge is 2.38. The number of H-pyrrole nitrogens is 1. The van der Waals surface area contributed by atoms with Crippen LogP contribution in [0.25, 0.3) is 10.9 Å². The van der Waals surface area contributed by atoms with E-state index in [9.17, 15) is 14.0 Å². The van der Waals surface area contributed by atoms with E-state index in [2.05, 4.69) is 10.3 Å². The van der Waals surface area contributed by atoms with Crippen molar-refractivity contribution in [1.82, 2.24) is 15.2 Å². The molecule has 3 aromatic rings. The Labute approximate surface area is 143 Å². The van der Waals surface area contributed by atoms with Crippen molar-refractivity contribution >= 4 is 22.8 Å². The first kappa shape index (κ1) is 15.4. The number of halogens is 1. The summed E-state index contributed by atoms with van der Waals surface area (Å²) in [6, 6.07) is 12.6. The maximum atomic E-state index is 13.0. The van der Waals surface area contributed by atoms with Gasteiger partial charge in [0.15, 0.2) is 0 Å². The lowest BCUT2D eigenvalue weighted by molar-refractivity contribution is -0.127. The van der Waals surface area contributed by atoms with Crippen LogP contribution in [-0.2, 0) is 17.8 Å². The number of nitrogens with one attached hydrogen (secondary N) is 2. The SMILES string of the molecule is O=C1NC(Cc2c[nH]c3ccccc23)C(=O)N1Cc1ccc(F)cc1. The van der Waals surface area contributed by atoms with Crippen molar-refractivity contribution in [2.24, 2.45) is 0 Å². The number of aromatic amines is 1. The highest BCUT2D eigenvalue weighted by atomic mass is 19.1. The summed E-state index contributed by atoms with van der Waals surface area (Å²) < 4.78 is 13.0. The van der Waals surface area contributed by atoms with Gasteiger partial charge in [-0.1, -0.05) is 30.3 Å². The van der Waals surface area contributed by atoms with Gasteiger partial charge in [-0.25, -0.2) is 9.18 Å². The first-order valence-corrected chi connectivity index (χ1v) is 8.03. The zero-order valence-electron chi connectivity index (χ0n) is 13.3. The number of hydrogen-bond acceptors (Lipinski definition) is 2. The number of amides is 3. The number of rotatable bonds is 4. The molecule has 1 fully saturated rings. The van der Waals surface area contributed by atoms with Crippen molar-refractivity contribution in [3.05, 3.63) is 71.7 Å². The molecule has 1 saturated heterocycles. The quantitative estimate of drug-likeness (QED) is 0.719. The molecule has 1 aliphatic heterocycles. The van der Waals surface area contributed by atoms with Gasteiger partial charge in [-0.15, -0.1) is 0 Å². The van der Waals surface area contributed by atoms with E-state index in [0.29, 0.717) is 12.0 Å². The van der Waals surface area contributed by atoms with Crippen molar-refractivity contribution in [3.8, 4) is 0 Å². The molecule has 1 aromatic heterocycles. The van der Waals surface area contributed by atoms with Gasteiger partial charge in [-0.05, 0) is 29.3 Å². The van der Waals surface area contributed by atoms with Crippen LogP contribution in [0.3, 0.4) is 0 Å². The van der Waals surface area contributed by atoms with Gasteiger partial charge in [-0.3, -0.25) is 9.69 Å². The molecule has 2 N–H and O–H groups in total. The van der Waals surface area contributed by atoms with Crippen LogP contribution >= 0.6 is 0 Å². The molecule has 0 spiro atoms. The number of nitrogens with zero attached hydrogens (tertiary/aromatic N) is 1. The Kier molecular flexibility index (Phi) is 3.72. The Hall–Kier alpha value is -3.15. The van der Waals surface area contributed by atoms with E-state index in [1.807, 2.05) is 30.5 Å². The molecule has 126 valence electrons. The van der Waals surface area contributed by atoms with Gasteiger partial charge in [0.25, 0.3) is 5.91 Å². The summed E-state index contributed by atoms with van der Waals surface area (Å²) >= 11 is 0. The summed E-state index contributed by atoms with van der Waals surface area (Å²) in [7, 11) is 0. The minimum absolute atomic E-state index is 0.134. The van der Waals surface area contributed by atoms with E-state index in [1.54, 1.807) is 12.1 Å². The van der Waals surface area contributed by atoms with Crippen LogP contribution in [0.2, 0.25) is 0 Å². The fourth-order valence-electron chi connectivity index (χ4n) is 3.16. The van der Waals surface area contributed by atoms with Crippen molar-refractivity contribution in [3.63, 3.8) is 0 Å². The number of hydrogen-bond donors (Lipinski definition) is 2. The summed E-state index contributed by atoms with van der Waals surface area (Å²) in [5.74, 6) is -0.613. The number of para-hydroxylation sites is 1. The van der Waals surface area contributed by atoms with E-state index in [4.69, 9.17) is 0 Å². The first-order chi connectivity index (χ1) is 12.1. The summed E-state index contributed by atoms with van der Waals surface area (Å²) in [6.07, 6.45) is 2.29. The standard InChI is InChI=1S/C19H16FN3O2/c20-14-7-5-12(6-8-14)11-23-18(24)17(22-19(23)25)9-13-10-21-16-4-2-1-3-15(13)16/h1-8,10,17,21H,9,11H2,(H,22,25). The van der Waals surface area contributed by atoms with Crippen LogP contribution in [0.15, 0.2) is 54.7 Å². The second kappa shape index (κ2) is 6.05. The molecular formula is C19H16FN3O2. The Morgan fingerprint density at radius 2 is 1.80 bits per heavy atom. The number of carbonyl (C=O) groups excluding carboxylic acids is 2. The Morgan fingerprint density at radius 1 is 1.04 bits per heavy atom. The molecule has 3 amide bonds. The average Bonchev–Trinajstić information content (AvgIpc) is 3.14. The van der Waals surface area contributed by atoms with Crippen LogP contribution in [0.4, 0.5) is 9.18 Å². The fraction of sp³-hybridized carbons (Fsp3) is 0.158. The van der Waals surface area contributed by atoms with E-state index in [-0.39, 0.29) is 18.3 Å². The molecule has 1 unspecified atom stereocenters. The van der Waals surface area contributed by atoms with E-state index in [0.717, 1.165) is 16.5 Å². The number of fused-ring (bicyclic) bond motifs is 1. The second-order valence-electron chi connectivity index (χ2n) is 6.12. The molecular weight excluding hydrogens is 321 g/mol. The van der Waals surface area contributed by atoms with Gasteiger partial charge in [0.1, 0.15) is 11.9 Å². The Bertz CT molecular complexity index is 949. The van der Waals surface area contributed by atoms with Crippen molar-refractivity contribution < 1.29 is 14.0 Å². The van der Waals surface area contributed by atoms with Gasteiger partial charge >= 0.3 is 6.03 Å². The predicted octanol–water partition coefficient (Wildman–Crippen LogP) is 2.97. The number of benzene rings is 2. The minimum Gasteiger partial charge on any atom is -0.361 e. The Balaban J connectivity index is 1.51. The van der Waals surface area contributed by atoms with Crippen LogP contribution in [0.1, 0.15) is 11.1 Å². The molecule has 0 aliphatic carbocycles. The topological polar surface area (TPSA) is 65.2 Å². The number of imide groups is 1. The van der Waals surface area contributed by atoms with E-state index < -0.39 is 12.1 Å². The molecule has 1 aliphatic rings. The highest BCUT2D eigenvalue weighted by molar-refractivity contribution is 6.04. The summed E-state index contributed by atoms with van der Waals surface area (Å²) in [4.78, 5) is 29.1. The molecule has 25 heavy (non-hydrogen) atoms. The van der Waals surface area contributed by atoms with Crippen LogP contribution in [-0.4, -0.2) is 27.9 Å². The molecule has 6 heteroatoms. The molecule has 5 nitrogen and oxygen atoms in total. The zero-order chi connectivity index (χ0) is 17.4. The van der Waals surface area contributed by atoms with Crippen LogP contribution < -0.4 is 5.32 Å². The van der Waals surface area contributed by atoms with Gasteiger partial charge in [0.2, 0.25) is 0 Å². The Morgan fingerprint density at radius 3 is 2.60 bits per heavy atom. The largest absolute Gasteiger partial charge is 0.361 e. The van der Waals surface area contributed by atoms with Gasteiger partial charge in [0, 0.05) is 23.5 Å². The lowest BCUT2D eigenvalue weighted by Gasteiger charge is -2.13.